The minimum atomic E-state index is 0.784. The molecule has 0 nitrogen and oxygen atoms in total. The van der Waals surface area contributed by atoms with Crippen LogP contribution in [0, 0.1) is 12.8 Å². The van der Waals surface area contributed by atoms with Crippen molar-refractivity contribution in [3.05, 3.63) is 47.5 Å². The summed E-state index contributed by atoms with van der Waals surface area (Å²) in [5, 5.41) is 2.92. The van der Waals surface area contributed by atoms with Crippen molar-refractivity contribution in [3.63, 3.8) is 0 Å². The van der Waals surface area contributed by atoms with Crippen molar-refractivity contribution in [2.75, 3.05) is 0 Å². The summed E-state index contributed by atoms with van der Waals surface area (Å²) in [5.74, 6) is 1.71. The van der Waals surface area contributed by atoms with E-state index in [0.29, 0.717) is 0 Å². The second-order valence-corrected chi connectivity index (χ2v) is 5.97. The number of rotatable bonds is 1. The molecule has 1 aliphatic carbocycles. The van der Waals surface area contributed by atoms with Crippen LogP contribution < -0.4 is 0 Å². The monoisotopic (exact) mass is 238 g/mol. The number of aryl methyl sites for hydroxylation is 1. The summed E-state index contributed by atoms with van der Waals surface area (Å²) >= 11 is 0. The lowest BCUT2D eigenvalue weighted by molar-refractivity contribution is 0.349. The van der Waals surface area contributed by atoms with Gasteiger partial charge in [-0.1, -0.05) is 56.2 Å². The van der Waals surface area contributed by atoms with Gasteiger partial charge < -0.3 is 0 Å². The maximum Gasteiger partial charge on any atom is -0.0146 e. The second kappa shape index (κ2) is 4.76. The Bertz CT molecular complexity index is 545. The highest BCUT2D eigenvalue weighted by molar-refractivity contribution is 5.88. The lowest BCUT2D eigenvalue weighted by atomic mass is 9.78. The Balaban J connectivity index is 2.04. The third-order valence-corrected chi connectivity index (χ3v) is 4.63. The smallest absolute Gasteiger partial charge is 0.0146 e. The summed E-state index contributed by atoms with van der Waals surface area (Å²) in [7, 11) is 0. The molecule has 0 saturated heterocycles. The van der Waals surface area contributed by atoms with E-state index in [2.05, 4.69) is 50.2 Å². The lowest BCUT2D eigenvalue weighted by Gasteiger charge is -2.27. The van der Waals surface area contributed by atoms with Gasteiger partial charge in [-0.2, -0.15) is 0 Å². The van der Waals surface area contributed by atoms with Crippen molar-refractivity contribution in [1.29, 1.82) is 0 Å². The van der Waals surface area contributed by atoms with Gasteiger partial charge in [-0.3, -0.25) is 0 Å². The minimum Gasteiger partial charge on any atom is -0.0625 e. The van der Waals surface area contributed by atoms with Gasteiger partial charge in [0.2, 0.25) is 0 Å². The normalized spacial score (nSPS) is 24.3. The zero-order valence-electron chi connectivity index (χ0n) is 11.4. The van der Waals surface area contributed by atoms with Gasteiger partial charge in [0, 0.05) is 0 Å². The molecule has 0 heteroatoms. The molecule has 1 fully saturated rings. The Labute approximate surface area is 110 Å². The molecule has 0 amide bonds. The molecule has 2 aromatic rings. The van der Waals surface area contributed by atoms with E-state index in [1.807, 2.05) is 0 Å². The van der Waals surface area contributed by atoms with Crippen LogP contribution in [0.2, 0.25) is 0 Å². The van der Waals surface area contributed by atoms with Gasteiger partial charge in [-0.15, -0.1) is 0 Å². The molecular weight excluding hydrogens is 216 g/mol. The predicted molar refractivity (Wildman–Crippen MR) is 79.1 cm³/mol. The van der Waals surface area contributed by atoms with Gasteiger partial charge >= 0.3 is 0 Å². The third kappa shape index (κ3) is 2.05. The summed E-state index contributed by atoms with van der Waals surface area (Å²) < 4.78 is 0. The molecule has 0 atom stereocenters. The molecule has 0 bridgehead atoms. The van der Waals surface area contributed by atoms with Crippen molar-refractivity contribution >= 4 is 10.8 Å². The van der Waals surface area contributed by atoms with Crippen LogP contribution in [0.5, 0.6) is 0 Å². The van der Waals surface area contributed by atoms with E-state index in [-0.39, 0.29) is 0 Å². The van der Waals surface area contributed by atoms with Crippen LogP contribution >= 0.6 is 0 Å². The van der Waals surface area contributed by atoms with Crippen molar-refractivity contribution in [1.82, 2.24) is 0 Å². The first kappa shape index (κ1) is 11.8. The van der Waals surface area contributed by atoms with E-state index in [4.69, 9.17) is 0 Å². The number of hydrogen-bond donors (Lipinski definition) is 0. The van der Waals surface area contributed by atoms with Gasteiger partial charge in [-0.05, 0) is 53.5 Å². The zero-order valence-corrected chi connectivity index (χ0v) is 11.4. The van der Waals surface area contributed by atoms with Gasteiger partial charge in [0.1, 0.15) is 0 Å². The fourth-order valence-corrected chi connectivity index (χ4v) is 3.42. The minimum absolute atomic E-state index is 0.784. The maximum absolute atomic E-state index is 2.39. The van der Waals surface area contributed by atoms with Crippen LogP contribution in [-0.2, 0) is 0 Å². The average molecular weight is 238 g/mol. The van der Waals surface area contributed by atoms with Crippen LogP contribution in [-0.4, -0.2) is 0 Å². The van der Waals surface area contributed by atoms with E-state index in [1.54, 1.807) is 5.56 Å². The van der Waals surface area contributed by atoms with Gasteiger partial charge in [-0.25, -0.2) is 0 Å². The molecule has 1 saturated carbocycles. The van der Waals surface area contributed by atoms with Crippen molar-refractivity contribution < 1.29 is 0 Å². The van der Waals surface area contributed by atoms with Gasteiger partial charge in [0.25, 0.3) is 0 Å². The fourth-order valence-electron chi connectivity index (χ4n) is 3.42. The second-order valence-electron chi connectivity index (χ2n) is 5.97. The molecule has 0 spiro atoms. The predicted octanol–water partition coefficient (Wildman–Crippen LogP) is 5.44. The van der Waals surface area contributed by atoms with E-state index >= 15 is 0 Å². The first-order chi connectivity index (χ1) is 8.75. The van der Waals surface area contributed by atoms with Crippen LogP contribution in [0.25, 0.3) is 10.8 Å². The summed E-state index contributed by atoms with van der Waals surface area (Å²) in [6.45, 7) is 4.61. The average Bonchev–Trinajstić information content (AvgIpc) is 2.40. The third-order valence-electron chi connectivity index (χ3n) is 4.63. The molecule has 0 radical (unpaired) electrons. The van der Waals surface area contributed by atoms with Gasteiger partial charge in [0.15, 0.2) is 0 Å². The molecule has 0 aliphatic heterocycles. The number of fused-ring (bicyclic) bond motifs is 1. The quantitative estimate of drug-likeness (QED) is 0.620. The molecular formula is C18H22. The molecule has 1 aliphatic rings. The molecule has 94 valence electrons. The fraction of sp³-hybridized carbons (Fsp3) is 0.444. The van der Waals surface area contributed by atoms with Crippen LogP contribution in [0.3, 0.4) is 0 Å². The van der Waals surface area contributed by atoms with Crippen molar-refractivity contribution in [2.24, 2.45) is 5.92 Å². The molecule has 0 aromatic heterocycles. The highest BCUT2D eigenvalue weighted by Gasteiger charge is 2.21. The standard InChI is InChI=1S/C18H22/c1-13-9-11-15(12-10-13)17-7-4-6-16-14(2)5-3-8-18(16)17/h3-8,13,15H,9-12H2,1-2H3. The molecule has 0 N–H and O–H groups in total. The summed E-state index contributed by atoms with van der Waals surface area (Å²) in [5.41, 5.74) is 2.99. The zero-order chi connectivity index (χ0) is 12.5. The molecule has 0 heterocycles. The largest absolute Gasteiger partial charge is 0.0625 e. The summed E-state index contributed by atoms with van der Waals surface area (Å²) in [4.78, 5) is 0. The molecule has 0 unspecified atom stereocenters. The van der Waals surface area contributed by atoms with E-state index in [1.165, 1.54) is 42.0 Å². The SMILES string of the molecule is Cc1cccc2c(C3CCC(C)CC3)cccc12. The van der Waals surface area contributed by atoms with E-state index in [0.717, 1.165) is 11.8 Å². The highest BCUT2D eigenvalue weighted by atomic mass is 14.3. The molecule has 2 aromatic carbocycles. The Morgan fingerprint density at radius 1 is 0.833 bits per heavy atom. The first-order valence-electron chi connectivity index (χ1n) is 7.24. The maximum atomic E-state index is 2.39. The summed E-state index contributed by atoms with van der Waals surface area (Å²) in [6.07, 6.45) is 5.53. The van der Waals surface area contributed by atoms with Crippen molar-refractivity contribution in [2.45, 2.75) is 45.4 Å². The summed E-state index contributed by atoms with van der Waals surface area (Å²) in [6, 6.07) is 13.6. The first-order valence-corrected chi connectivity index (χ1v) is 7.24. The molecule has 3 rings (SSSR count). The topological polar surface area (TPSA) is 0 Å². The molecule has 18 heavy (non-hydrogen) atoms. The Morgan fingerprint density at radius 2 is 1.50 bits per heavy atom. The van der Waals surface area contributed by atoms with Crippen LogP contribution in [0.15, 0.2) is 36.4 Å². The van der Waals surface area contributed by atoms with E-state index in [9.17, 15) is 0 Å². The number of hydrogen-bond acceptors (Lipinski definition) is 0. The van der Waals surface area contributed by atoms with Crippen LogP contribution in [0.4, 0.5) is 0 Å². The number of benzene rings is 2. The highest BCUT2D eigenvalue weighted by Crippen LogP contribution is 2.38. The Kier molecular flexibility index (Phi) is 3.11. The lowest BCUT2D eigenvalue weighted by Crippen LogP contribution is -2.11. The Hall–Kier alpha value is -1.30. The van der Waals surface area contributed by atoms with Crippen molar-refractivity contribution in [3.8, 4) is 0 Å². The van der Waals surface area contributed by atoms with E-state index < -0.39 is 0 Å². The Morgan fingerprint density at radius 3 is 2.28 bits per heavy atom. The van der Waals surface area contributed by atoms with Crippen LogP contribution in [0.1, 0.15) is 49.7 Å². The van der Waals surface area contributed by atoms with Gasteiger partial charge in [0.05, 0.1) is 0 Å².